The van der Waals surface area contributed by atoms with E-state index < -0.39 is 16.1 Å². The van der Waals surface area contributed by atoms with E-state index in [4.69, 9.17) is 5.73 Å². The Labute approximate surface area is 111 Å². The average molecular weight is 276 g/mol. The van der Waals surface area contributed by atoms with Crippen molar-refractivity contribution in [3.8, 4) is 0 Å². The average Bonchev–Trinajstić information content (AvgIpc) is 2.40. The van der Waals surface area contributed by atoms with Gasteiger partial charge < -0.3 is 5.73 Å². The molecule has 0 radical (unpaired) electrons. The van der Waals surface area contributed by atoms with Crippen molar-refractivity contribution in [1.82, 2.24) is 0 Å². The fourth-order valence-electron chi connectivity index (χ4n) is 1.65. The van der Waals surface area contributed by atoms with Crippen LogP contribution in [0.1, 0.15) is 0 Å². The Kier molecular flexibility index (Phi) is 3.52. The molecule has 2 aromatic rings. The minimum atomic E-state index is -3.99. The lowest BCUT2D eigenvalue weighted by Crippen LogP contribution is -2.40. The van der Waals surface area contributed by atoms with Crippen LogP contribution in [0.3, 0.4) is 0 Å². The van der Waals surface area contributed by atoms with Crippen LogP contribution >= 0.6 is 0 Å². The fraction of sp³-hybridized carbons (Fsp3) is 0. The molecular weight excluding hydrogens is 264 g/mol. The van der Waals surface area contributed by atoms with Gasteiger partial charge in [-0.15, -0.1) is 0 Å². The maximum absolute atomic E-state index is 12.4. The minimum Gasteiger partial charge on any atom is -0.350 e. The van der Waals surface area contributed by atoms with Gasteiger partial charge in [-0.05, 0) is 24.3 Å². The van der Waals surface area contributed by atoms with E-state index >= 15 is 0 Å². The zero-order chi connectivity index (χ0) is 13.9. The number of nitrogens with two attached hydrogens (primary N) is 1. The molecule has 0 bridgehead atoms. The standard InChI is InChI=1S/C13H12N2O3S/c14-13(16)15(11-7-3-1-4-8-11)19(17,18)12-9-5-2-6-10-12/h1-10H,(H2,14,16). The summed E-state index contributed by atoms with van der Waals surface area (Å²) < 4.78 is 25.4. The molecule has 0 atom stereocenters. The molecular formula is C13H12N2O3S. The number of benzene rings is 2. The Bertz CT molecular complexity index is 670. The van der Waals surface area contributed by atoms with Crippen molar-refractivity contribution in [3.63, 3.8) is 0 Å². The molecule has 0 aliphatic rings. The zero-order valence-electron chi connectivity index (χ0n) is 9.93. The number of sulfonamides is 1. The second-order valence-corrected chi connectivity index (χ2v) is 5.54. The summed E-state index contributed by atoms with van der Waals surface area (Å²) in [7, 11) is -3.99. The minimum absolute atomic E-state index is 0.0117. The summed E-state index contributed by atoms with van der Waals surface area (Å²) in [6, 6.07) is 14.6. The van der Waals surface area contributed by atoms with E-state index in [1.807, 2.05) is 0 Å². The van der Waals surface area contributed by atoms with E-state index in [1.165, 1.54) is 24.3 Å². The number of para-hydroxylation sites is 1. The number of rotatable bonds is 3. The quantitative estimate of drug-likeness (QED) is 0.930. The molecule has 2 N–H and O–H groups in total. The third-order valence-electron chi connectivity index (χ3n) is 2.47. The van der Waals surface area contributed by atoms with Gasteiger partial charge in [-0.3, -0.25) is 0 Å². The number of nitrogens with zero attached hydrogens (tertiary/aromatic N) is 1. The normalized spacial score (nSPS) is 10.9. The van der Waals surface area contributed by atoms with Gasteiger partial charge >= 0.3 is 6.03 Å². The first-order valence-electron chi connectivity index (χ1n) is 5.48. The van der Waals surface area contributed by atoms with Gasteiger partial charge in [0.15, 0.2) is 0 Å². The van der Waals surface area contributed by atoms with Gasteiger partial charge in [0.25, 0.3) is 10.0 Å². The highest BCUT2D eigenvalue weighted by Crippen LogP contribution is 2.22. The van der Waals surface area contributed by atoms with Gasteiger partial charge in [0.05, 0.1) is 10.6 Å². The third kappa shape index (κ3) is 2.58. The molecule has 0 aromatic heterocycles. The Morgan fingerprint density at radius 1 is 0.895 bits per heavy atom. The topological polar surface area (TPSA) is 80.5 Å². The SMILES string of the molecule is NC(=O)N(c1ccccc1)S(=O)(=O)c1ccccc1. The molecule has 6 heteroatoms. The lowest BCUT2D eigenvalue weighted by molar-refractivity contribution is 0.257. The number of primary amides is 1. The third-order valence-corrected chi connectivity index (χ3v) is 4.21. The number of hydrogen-bond donors (Lipinski definition) is 1. The lowest BCUT2D eigenvalue weighted by atomic mass is 10.3. The van der Waals surface area contributed by atoms with Crippen LogP contribution in [0.2, 0.25) is 0 Å². The van der Waals surface area contributed by atoms with Gasteiger partial charge in [0, 0.05) is 0 Å². The molecule has 0 heterocycles. The number of amides is 2. The first kappa shape index (κ1) is 13.1. The van der Waals surface area contributed by atoms with Crippen molar-refractivity contribution in [3.05, 3.63) is 60.7 Å². The highest BCUT2D eigenvalue weighted by Gasteiger charge is 2.28. The maximum atomic E-state index is 12.4. The molecule has 2 aromatic carbocycles. The largest absolute Gasteiger partial charge is 0.350 e. The summed E-state index contributed by atoms with van der Waals surface area (Å²) in [6.07, 6.45) is 0. The van der Waals surface area contributed by atoms with E-state index in [2.05, 4.69) is 0 Å². The van der Waals surface area contributed by atoms with Gasteiger partial charge in [-0.1, -0.05) is 36.4 Å². The maximum Gasteiger partial charge on any atom is 0.333 e. The number of carbonyl (C=O) groups excluding carboxylic acids is 1. The molecule has 2 amide bonds. The van der Waals surface area contributed by atoms with Crippen LogP contribution in [0.4, 0.5) is 10.5 Å². The molecule has 0 saturated heterocycles. The van der Waals surface area contributed by atoms with Crippen LogP contribution in [-0.4, -0.2) is 14.4 Å². The fourth-order valence-corrected chi connectivity index (χ4v) is 2.99. The van der Waals surface area contributed by atoms with E-state index in [9.17, 15) is 13.2 Å². The summed E-state index contributed by atoms with van der Waals surface area (Å²) >= 11 is 0. The highest BCUT2D eigenvalue weighted by molar-refractivity contribution is 7.93. The smallest absolute Gasteiger partial charge is 0.333 e. The van der Waals surface area contributed by atoms with Crippen molar-refractivity contribution in [2.75, 3.05) is 4.31 Å². The van der Waals surface area contributed by atoms with Crippen LogP contribution in [0.15, 0.2) is 65.6 Å². The predicted octanol–water partition coefficient (Wildman–Crippen LogP) is 1.96. The number of carbonyl (C=O) groups is 1. The summed E-state index contributed by atoms with van der Waals surface area (Å²) in [5.74, 6) is 0. The molecule has 0 fully saturated rings. The molecule has 2 rings (SSSR count). The second kappa shape index (κ2) is 5.11. The molecule has 98 valence electrons. The van der Waals surface area contributed by atoms with Crippen LogP contribution < -0.4 is 10.0 Å². The van der Waals surface area contributed by atoms with E-state index in [0.29, 0.717) is 4.31 Å². The summed E-state index contributed by atoms with van der Waals surface area (Å²) in [5.41, 5.74) is 5.41. The van der Waals surface area contributed by atoms with Crippen LogP contribution in [0.5, 0.6) is 0 Å². The van der Waals surface area contributed by atoms with Crippen molar-refractivity contribution in [2.45, 2.75) is 4.90 Å². The van der Waals surface area contributed by atoms with Gasteiger partial charge in [-0.25, -0.2) is 13.2 Å². The molecule has 0 aliphatic carbocycles. The second-order valence-electron chi connectivity index (χ2n) is 3.76. The van der Waals surface area contributed by atoms with E-state index in [1.54, 1.807) is 36.4 Å². The molecule has 0 unspecified atom stereocenters. The van der Waals surface area contributed by atoms with Crippen molar-refractivity contribution in [2.24, 2.45) is 5.73 Å². The number of anilines is 1. The Morgan fingerprint density at radius 3 is 1.84 bits per heavy atom. The molecule has 0 saturated carbocycles. The summed E-state index contributed by atoms with van der Waals surface area (Å²) in [5, 5.41) is 0. The lowest BCUT2D eigenvalue weighted by Gasteiger charge is -2.20. The Hall–Kier alpha value is -2.34. The number of urea groups is 1. The first-order valence-corrected chi connectivity index (χ1v) is 6.92. The van der Waals surface area contributed by atoms with Crippen LogP contribution in [0.25, 0.3) is 0 Å². The first-order chi connectivity index (χ1) is 9.03. The Balaban J connectivity index is 2.55. The molecule has 0 spiro atoms. The molecule has 5 nitrogen and oxygen atoms in total. The highest BCUT2D eigenvalue weighted by atomic mass is 32.2. The predicted molar refractivity (Wildman–Crippen MR) is 72.1 cm³/mol. The van der Waals surface area contributed by atoms with E-state index in [0.717, 1.165) is 0 Å². The Morgan fingerprint density at radius 2 is 1.37 bits per heavy atom. The summed E-state index contributed by atoms with van der Waals surface area (Å²) in [4.78, 5) is 11.5. The summed E-state index contributed by atoms with van der Waals surface area (Å²) in [6.45, 7) is 0. The molecule has 0 aliphatic heterocycles. The van der Waals surface area contributed by atoms with Crippen molar-refractivity contribution in [1.29, 1.82) is 0 Å². The van der Waals surface area contributed by atoms with Crippen molar-refractivity contribution < 1.29 is 13.2 Å². The van der Waals surface area contributed by atoms with Gasteiger partial charge in [0.1, 0.15) is 0 Å². The zero-order valence-corrected chi connectivity index (χ0v) is 10.7. The van der Waals surface area contributed by atoms with Gasteiger partial charge in [0.2, 0.25) is 0 Å². The van der Waals surface area contributed by atoms with E-state index in [-0.39, 0.29) is 10.6 Å². The van der Waals surface area contributed by atoms with Crippen molar-refractivity contribution >= 4 is 21.7 Å². The van der Waals surface area contributed by atoms with Crippen LogP contribution in [-0.2, 0) is 10.0 Å². The molecule has 19 heavy (non-hydrogen) atoms. The van der Waals surface area contributed by atoms with Crippen LogP contribution in [0, 0.1) is 0 Å². The number of hydrogen-bond acceptors (Lipinski definition) is 3. The van der Waals surface area contributed by atoms with Gasteiger partial charge in [-0.2, -0.15) is 4.31 Å². The monoisotopic (exact) mass is 276 g/mol.